The third-order valence-corrected chi connectivity index (χ3v) is 2.75. The fraction of sp³-hybridized carbons (Fsp3) is 0.800. The average Bonchev–Trinajstić information content (AvgIpc) is 2.61. The molecule has 1 rings (SSSR count). The Kier molecular flexibility index (Phi) is 3.48. The van der Waals surface area contributed by atoms with Gasteiger partial charge in [-0.25, -0.2) is 0 Å². The fourth-order valence-corrected chi connectivity index (χ4v) is 1.82. The summed E-state index contributed by atoms with van der Waals surface area (Å²) >= 11 is 0. The second-order valence-corrected chi connectivity index (χ2v) is 4.00. The number of nitrogens with one attached hydrogen (secondary N) is 1. The molecule has 0 aromatic carbocycles. The Labute approximate surface area is 84.9 Å². The van der Waals surface area contributed by atoms with Gasteiger partial charge < -0.3 is 10.2 Å². The molecule has 0 bridgehead atoms. The molecule has 4 nitrogen and oxygen atoms in total. The predicted octanol–water partition coefficient (Wildman–Crippen LogP) is 0.501. The van der Waals surface area contributed by atoms with Gasteiger partial charge in [-0.3, -0.25) is 4.79 Å². The molecule has 0 aromatic heterocycles. The SMILES string of the molecule is CN(CCC#N)C(=O)C1(C)CCCN1. The van der Waals surface area contributed by atoms with Gasteiger partial charge in [0.1, 0.15) is 0 Å². The van der Waals surface area contributed by atoms with Gasteiger partial charge in [-0.05, 0) is 26.3 Å². The second kappa shape index (κ2) is 4.43. The van der Waals surface area contributed by atoms with Gasteiger partial charge >= 0.3 is 0 Å². The molecule has 78 valence electrons. The highest BCUT2D eigenvalue weighted by atomic mass is 16.2. The summed E-state index contributed by atoms with van der Waals surface area (Å²) in [5, 5.41) is 11.6. The first-order valence-corrected chi connectivity index (χ1v) is 4.98. The van der Waals surface area contributed by atoms with Crippen molar-refractivity contribution in [2.45, 2.75) is 31.7 Å². The summed E-state index contributed by atoms with van der Waals surface area (Å²) in [6, 6.07) is 2.04. The maximum atomic E-state index is 11.9. The number of rotatable bonds is 3. The van der Waals surface area contributed by atoms with E-state index in [2.05, 4.69) is 5.32 Å². The summed E-state index contributed by atoms with van der Waals surface area (Å²) in [6.45, 7) is 3.37. The van der Waals surface area contributed by atoms with Gasteiger partial charge in [0.05, 0.1) is 18.0 Å². The lowest BCUT2D eigenvalue weighted by Gasteiger charge is -2.28. The average molecular weight is 195 g/mol. The molecule has 0 aromatic rings. The van der Waals surface area contributed by atoms with Crippen LogP contribution in [0.4, 0.5) is 0 Å². The van der Waals surface area contributed by atoms with Crippen molar-refractivity contribution in [2.75, 3.05) is 20.1 Å². The summed E-state index contributed by atoms with van der Waals surface area (Å²) in [5.74, 6) is 0.102. The number of likely N-dealkylation sites (N-methyl/N-ethyl adjacent to an activating group) is 1. The molecular formula is C10H17N3O. The first-order valence-electron chi connectivity index (χ1n) is 4.98. The summed E-state index contributed by atoms with van der Waals surface area (Å²) in [6.07, 6.45) is 2.34. The molecule has 1 atom stereocenters. The summed E-state index contributed by atoms with van der Waals surface area (Å²) in [4.78, 5) is 13.6. The highest BCUT2D eigenvalue weighted by Gasteiger charge is 2.37. The molecule has 0 saturated carbocycles. The molecule has 1 aliphatic heterocycles. The van der Waals surface area contributed by atoms with E-state index in [-0.39, 0.29) is 5.91 Å². The van der Waals surface area contributed by atoms with Crippen LogP contribution in [-0.2, 0) is 4.79 Å². The zero-order valence-corrected chi connectivity index (χ0v) is 8.84. The Hall–Kier alpha value is -1.08. The third-order valence-electron chi connectivity index (χ3n) is 2.75. The fourth-order valence-electron chi connectivity index (χ4n) is 1.82. The van der Waals surface area contributed by atoms with Gasteiger partial charge in [0.25, 0.3) is 0 Å². The largest absolute Gasteiger partial charge is 0.343 e. The van der Waals surface area contributed by atoms with Crippen LogP contribution in [0.1, 0.15) is 26.2 Å². The number of hydrogen-bond donors (Lipinski definition) is 1. The molecule has 1 amide bonds. The molecule has 14 heavy (non-hydrogen) atoms. The van der Waals surface area contributed by atoms with Crippen molar-refractivity contribution >= 4 is 5.91 Å². The molecule has 1 saturated heterocycles. The molecule has 0 aliphatic carbocycles. The van der Waals surface area contributed by atoms with E-state index in [9.17, 15) is 4.79 Å². The van der Waals surface area contributed by atoms with Crippen molar-refractivity contribution in [3.05, 3.63) is 0 Å². The Balaban J connectivity index is 2.51. The number of nitriles is 1. The van der Waals surface area contributed by atoms with Gasteiger partial charge in [-0.2, -0.15) is 5.26 Å². The molecular weight excluding hydrogens is 178 g/mol. The number of carbonyl (C=O) groups excluding carboxylic acids is 1. The van der Waals surface area contributed by atoms with Gasteiger partial charge in [0.2, 0.25) is 5.91 Å². The standard InChI is InChI=1S/C10H17N3O/c1-10(5-3-7-12-10)9(14)13(2)8-4-6-11/h12H,3-5,7-8H2,1-2H3. The van der Waals surface area contributed by atoms with Crippen molar-refractivity contribution in [1.82, 2.24) is 10.2 Å². The predicted molar refractivity (Wildman–Crippen MR) is 53.5 cm³/mol. The second-order valence-electron chi connectivity index (χ2n) is 4.00. The number of amides is 1. The monoisotopic (exact) mass is 195 g/mol. The molecule has 1 fully saturated rings. The van der Waals surface area contributed by atoms with E-state index < -0.39 is 5.54 Å². The summed E-state index contributed by atoms with van der Waals surface area (Å²) < 4.78 is 0. The van der Waals surface area contributed by atoms with Crippen LogP contribution in [0.2, 0.25) is 0 Å². The smallest absolute Gasteiger partial charge is 0.242 e. The van der Waals surface area contributed by atoms with Crippen LogP contribution in [0, 0.1) is 11.3 Å². The highest BCUT2D eigenvalue weighted by Crippen LogP contribution is 2.20. The van der Waals surface area contributed by atoms with Crippen LogP contribution in [0.25, 0.3) is 0 Å². The number of hydrogen-bond acceptors (Lipinski definition) is 3. The molecule has 1 aliphatic rings. The first-order chi connectivity index (χ1) is 6.60. The quantitative estimate of drug-likeness (QED) is 0.713. The van der Waals surface area contributed by atoms with E-state index in [0.717, 1.165) is 19.4 Å². The molecule has 1 unspecified atom stereocenters. The number of nitrogens with zero attached hydrogens (tertiary/aromatic N) is 2. The van der Waals surface area contributed by atoms with Crippen LogP contribution in [0.3, 0.4) is 0 Å². The van der Waals surface area contributed by atoms with Crippen LogP contribution in [0.15, 0.2) is 0 Å². The van der Waals surface area contributed by atoms with E-state index in [1.807, 2.05) is 13.0 Å². The van der Waals surface area contributed by atoms with Crippen LogP contribution in [-0.4, -0.2) is 36.5 Å². The van der Waals surface area contributed by atoms with E-state index in [1.165, 1.54) is 0 Å². The summed E-state index contributed by atoms with van der Waals surface area (Å²) in [7, 11) is 1.75. The van der Waals surface area contributed by atoms with Gasteiger partial charge in [0, 0.05) is 13.6 Å². The topological polar surface area (TPSA) is 56.1 Å². The number of carbonyl (C=O) groups is 1. The minimum atomic E-state index is -0.399. The third kappa shape index (κ3) is 2.24. The lowest BCUT2D eigenvalue weighted by atomic mass is 9.98. The summed E-state index contributed by atoms with van der Waals surface area (Å²) in [5.41, 5.74) is -0.399. The van der Waals surface area contributed by atoms with E-state index in [0.29, 0.717) is 13.0 Å². The maximum Gasteiger partial charge on any atom is 0.242 e. The zero-order chi connectivity index (χ0) is 10.6. The lowest BCUT2D eigenvalue weighted by molar-refractivity contribution is -0.135. The van der Waals surface area contributed by atoms with E-state index in [1.54, 1.807) is 11.9 Å². The molecule has 0 spiro atoms. The van der Waals surface area contributed by atoms with Crippen LogP contribution >= 0.6 is 0 Å². The zero-order valence-electron chi connectivity index (χ0n) is 8.84. The molecule has 1 heterocycles. The Morgan fingerprint density at radius 2 is 2.43 bits per heavy atom. The van der Waals surface area contributed by atoms with Crippen molar-refractivity contribution in [1.29, 1.82) is 5.26 Å². The minimum absolute atomic E-state index is 0.102. The molecule has 0 radical (unpaired) electrons. The van der Waals surface area contributed by atoms with Gasteiger partial charge in [-0.15, -0.1) is 0 Å². The highest BCUT2D eigenvalue weighted by molar-refractivity contribution is 5.86. The van der Waals surface area contributed by atoms with E-state index >= 15 is 0 Å². The van der Waals surface area contributed by atoms with Crippen LogP contribution in [0.5, 0.6) is 0 Å². The van der Waals surface area contributed by atoms with E-state index in [4.69, 9.17) is 5.26 Å². The van der Waals surface area contributed by atoms with Crippen LogP contribution < -0.4 is 5.32 Å². The minimum Gasteiger partial charge on any atom is -0.343 e. The normalized spacial score (nSPS) is 25.8. The molecule has 1 N–H and O–H groups in total. The Bertz CT molecular complexity index is 251. The van der Waals surface area contributed by atoms with Crippen molar-refractivity contribution in [3.8, 4) is 6.07 Å². The van der Waals surface area contributed by atoms with Gasteiger partial charge in [-0.1, -0.05) is 0 Å². The Morgan fingerprint density at radius 1 is 1.71 bits per heavy atom. The van der Waals surface area contributed by atoms with Crippen molar-refractivity contribution in [2.24, 2.45) is 0 Å². The Morgan fingerprint density at radius 3 is 2.93 bits per heavy atom. The molecule has 4 heteroatoms. The van der Waals surface area contributed by atoms with Gasteiger partial charge in [0.15, 0.2) is 0 Å². The van der Waals surface area contributed by atoms with Crippen molar-refractivity contribution < 1.29 is 4.79 Å². The van der Waals surface area contributed by atoms with Crippen molar-refractivity contribution in [3.63, 3.8) is 0 Å². The maximum absolute atomic E-state index is 11.9. The lowest BCUT2D eigenvalue weighted by Crippen LogP contribution is -2.51. The first kappa shape index (κ1) is 11.0.